The number of methoxy groups -OCH3 is 1. The van der Waals surface area contributed by atoms with Crippen LogP contribution in [0.25, 0.3) is 0 Å². The van der Waals surface area contributed by atoms with Crippen molar-refractivity contribution in [2.24, 2.45) is 0 Å². The Morgan fingerprint density at radius 3 is 2.58 bits per heavy atom. The van der Waals surface area contributed by atoms with Gasteiger partial charge < -0.3 is 15.4 Å². The van der Waals surface area contributed by atoms with Gasteiger partial charge in [0.25, 0.3) is 0 Å². The molecule has 0 aliphatic rings. The number of rotatable bonds is 6. The van der Waals surface area contributed by atoms with Gasteiger partial charge in [-0.1, -0.05) is 13.8 Å². The number of carbonyl (C=O) groups is 1. The lowest BCUT2D eigenvalue weighted by Crippen LogP contribution is -2.27. The van der Waals surface area contributed by atoms with Crippen LogP contribution in [0.15, 0.2) is 12.1 Å². The molecule has 0 radical (unpaired) electrons. The van der Waals surface area contributed by atoms with Crippen LogP contribution in [-0.4, -0.2) is 25.6 Å². The van der Waals surface area contributed by atoms with Crippen LogP contribution in [0.2, 0.25) is 0 Å². The summed E-state index contributed by atoms with van der Waals surface area (Å²) in [4.78, 5) is 11.5. The molecule has 1 aromatic carbocycles. The van der Waals surface area contributed by atoms with Crippen molar-refractivity contribution < 1.29 is 18.3 Å². The maximum absolute atomic E-state index is 13.6. The van der Waals surface area contributed by atoms with Crippen molar-refractivity contribution in [1.82, 2.24) is 5.32 Å². The van der Waals surface area contributed by atoms with Crippen LogP contribution in [0.5, 0.6) is 5.75 Å². The summed E-state index contributed by atoms with van der Waals surface area (Å²) in [7, 11) is 1.24. The molecule has 0 aromatic heterocycles. The summed E-state index contributed by atoms with van der Waals surface area (Å²) in [6.45, 7) is 4.39. The Labute approximate surface area is 111 Å². The summed E-state index contributed by atoms with van der Waals surface area (Å²) in [6, 6.07) is 2.07. The number of hydrogen-bond donors (Lipinski definition) is 2. The third-order valence-electron chi connectivity index (χ3n) is 2.42. The second-order valence-corrected chi connectivity index (χ2v) is 4.37. The Kier molecular flexibility index (Phi) is 5.69. The zero-order valence-corrected chi connectivity index (χ0v) is 11.2. The van der Waals surface area contributed by atoms with Crippen LogP contribution in [-0.2, 0) is 4.79 Å². The number of anilines is 1. The Morgan fingerprint density at radius 2 is 2.00 bits per heavy atom. The third kappa shape index (κ3) is 4.82. The van der Waals surface area contributed by atoms with Crippen molar-refractivity contribution in [3.8, 4) is 5.75 Å². The molecule has 106 valence electrons. The van der Waals surface area contributed by atoms with Gasteiger partial charge in [0.2, 0.25) is 5.91 Å². The van der Waals surface area contributed by atoms with Crippen molar-refractivity contribution in [2.45, 2.75) is 26.3 Å². The van der Waals surface area contributed by atoms with E-state index in [0.29, 0.717) is 6.54 Å². The molecule has 0 saturated carbocycles. The zero-order chi connectivity index (χ0) is 14.4. The highest BCUT2D eigenvalue weighted by molar-refractivity contribution is 5.91. The van der Waals surface area contributed by atoms with Gasteiger partial charge in [0.05, 0.1) is 12.8 Å². The van der Waals surface area contributed by atoms with Crippen molar-refractivity contribution in [3.05, 3.63) is 23.8 Å². The summed E-state index contributed by atoms with van der Waals surface area (Å²) in [5.41, 5.74) is -0.187. The van der Waals surface area contributed by atoms with E-state index in [-0.39, 0.29) is 29.8 Å². The molecule has 0 saturated heterocycles. The van der Waals surface area contributed by atoms with Crippen LogP contribution in [0.4, 0.5) is 14.5 Å². The van der Waals surface area contributed by atoms with Crippen LogP contribution in [0.3, 0.4) is 0 Å². The van der Waals surface area contributed by atoms with Crippen LogP contribution < -0.4 is 15.4 Å². The van der Waals surface area contributed by atoms with Crippen LogP contribution in [0.1, 0.15) is 20.3 Å². The minimum absolute atomic E-state index is 0.186. The molecule has 4 nitrogen and oxygen atoms in total. The number of benzene rings is 1. The molecule has 0 fully saturated rings. The van der Waals surface area contributed by atoms with Gasteiger partial charge in [-0.3, -0.25) is 4.79 Å². The van der Waals surface area contributed by atoms with E-state index in [1.807, 2.05) is 13.8 Å². The molecule has 0 aliphatic heterocycles. The SMILES string of the molecule is COc1cc(F)c(NC(=O)CCNC(C)C)cc1F. The fourth-order valence-electron chi connectivity index (χ4n) is 1.47. The van der Waals surface area contributed by atoms with Crippen LogP contribution >= 0.6 is 0 Å². The predicted octanol–water partition coefficient (Wildman–Crippen LogP) is 2.30. The Hall–Kier alpha value is -1.69. The molecule has 1 aromatic rings. The molecule has 6 heteroatoms. The molecular weight excluding hydrogens is 254 g/mol. The molecule has 1 amide bonds. The lowest BCUT2D eigenvalue weighted by Gasteiger charge is -2.10. The van der Waals surface area contributed by atoms with Gasteiger partial charge in [0, 0.05) is 31.1 Å². The molecule has 0 atom stereocenters. The highest BCUT2D eigenvalue weighted by Crippen LogP contribution is 2.24. The van der Waals surface area contributed by atoms with Crippen LogP contribution in [0, 0.1) is 11.6 Å². The topological polar surface area (TPSA) is 50.4 Å². The van der Waals surface area contributed by atoms with E-state index >= 15 is 0 Å². The second-order valence-electron chi connectivity index (χ2n) is 4.37. The first-order chi connectivity index (χ1) is 8.93. The molecule has 0 heterocycles. The van der Waals surface area contributed by atoms with Gasteiger partial charge in [-0.05, 0) is 0 Å². The van der Waals surface area contributed by atoms with Gasteiger partial charge in [-0.25, -0.2) is 8.78 Å². The maximum atomic E-state index is 13.6. The first-order valence-corrected chi connectivity index (χ1v) is 6.00. The number of hydrogen-bond acceptors (Lipinski definition) is 3. The minimum Gasteiger partial charge on any atom is -0.494 e. The van der Waals surface area contributed by atoms with Crippen molar-refractivity contribution in [2.75, 3.05) is 19.0 Å². The molecular formula is C13H18F2N2O2. The second kappa shape index (κ2) is 7.04. The average molecular weight is 272 g/mol. The number of nitrogens with one attached hydrogen (secondary N) is 2. The highest BCUT2D eigenvalue weighted by Gasteiger charge is 2.12. The Balaban J connectivity index is 2.62. The van der Waals surface area contributed by atoms with E-state index < -0.39 is 11.6 Å². The van der Waals surface area contributed by atoms with E-state index in [1.165, 1.54) is 7.11 Å². The van der Waals surface area contributed by atoms with Crippen molar-refractivity contribution in [3.63, 3.8) is 0 Å². The van der Waals surface area contributed by atoms with E-state index in [4.69, 9.17) is 0 Å². The standard InChI is InChI=1S/C13H18F2N2O2/c1-8(2)16-5-4-13(18)17-11-6-10(15)12(19-3)7-9(11)14/h6-8,16H,4-5H2,1-3H3,(H,17,18). The van der Waals surface area contributed by atoms with E-state index in [9.17, 15) is 13.6 Å². The normalized spacial score (nSPS) is 10.6. The Morgan fingerprint density at radius 1 is 1.32 bits per heavy atom. The van der Waals surface area contributed by atoms with Gasteiger partial charge in [-0.15, -0.1) is 0 Å². The highest BCUT2D eigenvalue weighted by atomic mass is 19.1. The van der Waals surface area contributed by atoms with Gasteiger partial charge >= 0.3 is 0 Å². The Bertz CT molecular complexity index is 451. The van der Waals surface area contributed by atoms with Crippen molar-refractivity contribution in [1.29, 1.82) is 0 Å². The van der Waals surface area contributed by atoms with Gasteiger partial charge in [0.15, 0.2) is 17.4 Å². The van der Waals surface area contributed by atoms with Crippen molar-refractivity contribution >= 4 is 11.6 Å². The fraction of sp³-hybridized carbons (Fsp3) is 0.462. The predicted molar refractivity (Wildman–Crippen MR) is 69.3 cm³/mol. The molecule has 0 unspecified atom stereocenters. The number of amides is 1. The zero-order valence-electron chi connectivity index (χ0n) is 11.2. The molecule has 1 rings (SSSR count). The smallest absolute Gasteiger partial charge is 0.225 e. The maximum Gasteiger partial charge on any atom is 0.225 e. The number of carbonyl (C=O) groups excluding carboxylic acids is 1. The average Bonchev–Trinajstić information content (AvgIpc) is 2.32. The molecule has 0 bridgehead atoms. The van der Waals surface area contributed by atoms with Gasteiger partial charge in [0.1, 0.15) is 0 Å². The first-order valence-electron chi connectivity index (χ1n) is 6.00. The van der Waals surface area contributed by atoms with E-state index in [1.54, 1.807) is 0 Å². The molecule has 0 spiro atoms. The summed E-state index contributed by atoms with van der Waals surface area (Å²) >= 11 is 0. The first kappa shape index (κ1) is 15.4. The summed E-state index contributed by atoms with van der Waals surface area (Å²) < 4.78 is 31.6. The molecule has 0 aliphatic carbocycles. The van der Waals surface area contributed by atoms with Gasteiger partial charge in [-0.2, -0.15) is 0 Å². The minimum atomic E-state index is -0.733. The van der Waals surface area contributed by atoms with E-state index in [0.717, 1.165) is 12.1 Å². The summed E-state index contributed by atoms with van der Waals surface area (Å²) in [6.07, 6.45) is 0.186. The summed E-state index contributed by atoms with van der Waals surface area (Å²) in [5.74, 6) is -2.03. The molecule has 2 N–H and O–H groups in total. The summed E-state index contributed by atoms with van der Waals surface area (Å²) in [5, 5.41) is 5.38. The largest absolute Gasteiger partial charge is 0.494 e. The lowest BCUT2D eigenvalue weighted by molar-refractivity contribution is -0.116. The molecule has 19 heavy (non-hydrogen) atoms. The van der Waals surface area contributed by atoms with E-state index in [2.05, 4.69) is 15.4 Å². The quantitative estimate of drug-likeness (QED) is 0.835. The lowest BCUT2D eigenvalue weighted by atomic mass is 10.2. The number of halogens is 2. The number of ether oxygens (including phenoxy) is 1. The fourth-order valence-corrected chi connectivity index (χ4v) is 1.47. The monoisotopic (exact) mass is 272 g/mol. The third-order valence-corrected chi connectivity index (χ3v) is 2.42.